The van der Waals surface area contributed by atoms with E-state index in [1.54, 1.807) is 0 Å². The molecule has 0 aliphatic carbocycles. The van der Waals surface area contributed by atoms with Crippen LogP contribution < -0.4 is 10.4 Å². The average Bonchev–Trinajstić information content (AvgIpc) is 2.23. The number of hydrogen-bond donors (Lipinski definition) is 1. The smallest absolute Gasteiger partial charge is 0.351 e. The van der Waals surface area contributed by atoms with E-state index in [2.05, 4.69) is 4.98 Å². The number of methoxy groups -OCH3 is 1. The zero-order chi connectivity index (χ0) is 11.0. The van der Waals surface area contributed by atoms with E-state index >= 15 is 0 Å². The summed E-state index contributed by atoms with van der Waals surface area (Å²) in [7, 11) is 1.50. The molecule has 1 aliphatic rings. The van der Waals surface area contributed by atoms with E-state index in [-0.39, 0.29) is 5.69 Å². The minimum atomic E-state index is -0.440. The molecule has 1 atom stereocenters. The number of aliphatic hydroxyl groups excluding tert-OH is 1. The number of rotatable bonds is 1. The first-order chi connectivity index (χ1) is 7.13. The van der Waals surface area contributed by atoms with E-state index in [1.807, 2.05) is 6.92 Å². The summed E-state index contributed by atoms with van der Waals surface area (Å²) in [6, 6.07) is 0. The van der Waals surface area contributed by atoms with Crippen LogP contribution in [0.5, 0.6) is 5.88 Å². The molecule has 0 aromatic carbocycles. The lowest BCUT2D eigenvalue weighted by Gasteiger charge is -2.24. The monoisotopic (exact) mass is 210 g/mol. The van der Waals surface area contributed by atoms with Gasteiger partial charge in [-0.3, -0.25) is 4.57 Å². The number of ether oxygens (including phenoxy) is 1. The summed E-state index contributed by atoms with van der Waals surface area (Å²) < 4.78 is 6.57. The molecule has 1 aromatic heterocycles. The molecule has 5 nitrogen and oxygen atoms in total. The first kappa shape index (κ1) is 10.2. The minimum absolute atomic E-state index is 0.339. The fourth-order valence-electron chi connectivity index (χ4n) is 1.99. The Hall–Kier alpha value is -1.36. The largest absolute Gasteiger partial charge is 0.481 e. The minimum Gasteiger partial charge on any atom is -0.481 e. The molecule has 0 saturated heterocycles. The van der Waals surface area contributed by atoms with E-state index < -0.39 is 6.10 Å². The van der Waals surface area contributed by atoms with Gasteiger partial charge in [-0.1, -0.05) is 0 Å². The van der Waals surface area contributed by atoms with Crippen LogP contribution in [-0.4, -0.2) is 27.9 Å². The fourth-order valence-corrected chi connectivity index (χ4v) is 1.99. The van der Waals surface area contributed by atoms with E-state index in [1.165, 1.54) is 11.7 Å². The van der Waals surface area contributed by atoms with Crippen molar-refractivity contribution in [2.24, 2.45) is 0 Å². The molecule has 0 bridgehead atoms. The highest BCUT2D eigenvalue weighted by atomic mass is 16.5. The van der Waals surface area contributed by atoms with Gasteiger partial charge in [0, 0.05) is 11.3 Å². The van der Waals surface area contributed by atoms with Crippen molar-refractivity contribution in [2.45, 2.75) is 32.4 Å². The van der Waals surface area contributed by atoms with Crippen molar-refractivity contribution in [3.63, 3.8) is 0 Å². The van der Waals surface area contributed by atoms with Gasteiger partial charge in [-0.15, -0.1) is 0 Å². The molecule has 0 radical (unpaired) electrons. The van der Waals surface area contributed by atoms with Crippen LogP contribution >= 0.6 is 0 Å². The Balaban J connectivity index is 2.60. The Morgan fingerprint density at radius 2 is 2.33 bits per heavy atom. The van der Waals surface area contributed by atoms with Gasteiger partial charge in [0.25, 0.3) is 0 Å². The fraction of sp³-hybridized carbons (Fsp3) is 0.600. The zero-order valence-electron chi connectivity index (χ0n) is 8.86. The van der Waals surface area contributed by atoms with E-state index in [9.17, 15) is 9.90 Å². The summed E-state index contributed by atoms with van der Waals surface area (Å²) in [6.07, 6.45) is 0.943. The quantitative estimate of drug-likeness (QED) is 0.701. The van der Waals surface area contributed by atoms with Gasteiger partial charge in [-0.25, -0.2) is 4.79 Å². The Morgan fingerprint density at radius 1 is 1.60 bits per heavy atom. The number of hydrogen-bond acceptors (Lipinski definition) is 4. The normalized spacial score (nSPS) is 19.8. The number of aliphatic hydroxyl groups is 1. The topological polar surface area (TPSA) is 64.3 Å². The first-order valence-electron chi connectivity index (χ1n) is 4.96. The predicted octanol–water partition coefficient (Wildman–Crippen LogP) is -0.133. The molecule has 1 N–H and O–H groups in total. The van der Waals surface area contributed by atoms with Crippen LogP contribution in [0.3, 0.4) is 0 Å². The highest BCUT2D eigenvalue weighted by Gasteiger charge is 2.21. The van der Waals surface area contributed by atoms with E-state index in [4.69, 9.17) is 4.74 Å². The maximum absolute atomic E-state index is 11.6. The molecular weight excluding hydrogens is 196 g/mol. The molecular formula is C10H14N2O3. The predicted molar refractivity (Wildman–Crippen MR) is 54.1 cm³/mol. The molecule has 0 amide bonds. The van der Waals surface area contributed by atoms with Gasteiger partial charge in [0.05, 0.1) is 19.8 Å². The molecule has 0 saturated carbocycles. The molecule has 82 valence electrons. The zero-order valence-corrected chi connectivity index (χ0v) is 8.86. The third kappa shape index (κ3) is 1.63. The first-order valence-corrected chi connectivity index (χ1v) is 4.96. The van der Waals surface area contributed by atoms with Crippen molar-refractivity contribution in [2.75, 3.05) is 7.11 Å². The SMILES string of the molecule is COc1nc(=O)n2c(c1C)CCC(O)C2. The maximum Gasteiger partial charge on any atom is 0.351 e. The van der Waals surface area contributed by atoms with Crippen molar-refractivity contribution in [1.29, 1.82) is 0 Å². The second-order valence-electron chi connectivity index (χ2n) is 3.78. The lowest BCUT2D eigenvalue weighted by atomic mass is 10.0. The molecule has 1 aromatic rings. The summed E-state index contributed by atoms with van der Waals surface area (Å²) in [5.74, 6) is 0.391. The third-order valence-corrected chi connectivity index (χ3v) is 2.81. The Morgan fingerprint density at radius 3 is 3.00 bits per heavy atom. The molecule has 2 heterocycles. The van der Waals surface area contributed by atoms with Crippen LogP contribution in [0.2, 0.25) is 0 Å². The summed E-state index contributed by atoms with van der Waals surface area (Å²) in [6.45, 7) is 2.22. The molecule has 15 heavy (non-hydrogen) atoms. The van der Waals surface area contributed by atoms with Crippen molar-refractivity contribution in [1.82, 2.24) is 9.55 Å². The lowest BCUT2D eigenvalue weighted by Crippen LogP contribution is -2.36. The maximum atomic E-state index is 11.6. The summed E-state index contributed by atoms with van der Waals surface area (Å²) >= 11 is 0. The molecule has 2 rings (SSSR count). The average molecular weight is 210 g/mol. The van der Waals surface area contributed by atoms with Gasteiger partial charge in [0.1, 0.15) is 0 Å². The van der Waals surface area contributed by atoms with Gasteiger partial charge in [-0.05, 0) is 19.8 Å². The van der Waals surface area contributed by atoms with Gasteiger partial charge in [0.15, 0.2) is 0 Å². The standard InChI is InChI=1S/C10H14N2O3/c1-6-8-4-3-7(13)5-12(8)10(14)11-9(6)15-2/h7,13H,3-5H2,1-2H3. The Bertz CT molecular complexity index is 439. The highest BCUT2D eigenvalue weighted by Crippen LogP contribution is 2.21. The van der Waals surface area contributed by atoms with Crippen molar-refractivity contribution in [3.05, 3.63) is 21.7 Å². The van der Waals surface area contributed by atoms with E-state index in [0.29, 0.717) is 25.3 Å². The van der Waals surface area contributed by atoms with Gasteiger partial charge < -0.3 is 9.84 Å². The lowest BCUT2D eigenvalue weighted by molar-refractivity contribution is 0.127. The van der Waals surface area contributed by atoms with Gasteiger partial charge >= 0.3 is 5.69 Å². The third-order valence-electron chi connectivity index (χ3n) is 2.81. The second-order valence-corrected chi connectivity index (χ2v) is 3.78. The molecule has 0 spiro atoms. The van der Waals surface area contributed by atoms with Crippen LogP contribution in [0.1, 0.15) is 17.7 Å². The molecule has 1 aliphatic heterocycles. The summed E-state index contributed by atoms with van der Waals surface area (Å²) in [5, 5.41) is 9.48. The van der Waals surface area contributed by atoms with Crippen molar-refractivity contribution >= 4 is 0 Å². The molecule has 1 unspecified atom stereocenters. The van der Waals surface area contributed by atoms with Crippen molar-refractivity contribution < 1.29 is 9.84 Å². The molecule has 5 heteroatoms. The van der Waals surface area contributed by atoms with Crippen LogP contribution in [-0.2, 0) is 13.0 Å². The van der Waals surface area contributed by atoms with Crippen LogP contribution in [0, 0.1) is 6.92 Å². The summed E-state index contributed by atoms with van der Waals surface area (Å²) in [5.41, 5.74) is 1.48. The van der Waals surface area contributed by atoms with Crippen LogP contribution in [0.4, 0.5) is 0 Å². The second kappa shape index (κ2) is 3.66. The van der Waals surface area contributed by atoms with E-state index in [0.717, 1.165) is 11.3 Å². The van der Waals surface area contributed by atoms with Crippen LogP contribution in [0.15, 0.2) is 4.79 Å². The van der Waals surface area contributed by atoms with Gasteiger partial charge in [-0.2, -0.15) is 4.98 Å². The van der Waals surface area contributed by atoms with Gasteiger partial charge in [0.2, 0.25) is 5.88 Å². The van der Waals surface area contributed by atoms with Crippen LogP contribution in [0.25, 0.3) is 0 Å². The number of aromatic nitrogens is 2. The Labute approximate surface area is 87.3 Å². The van der Waals surface area contributed by atoms with Crippen molar-refractivity contribution in [3.8, 4) is 5.88 Å². The molecule has 0 fully saturated rings. The Kier molecular flexibility index (Phi) is 2.48. The summed E-state index contributed by atoms with van der Waals surface area (Å²) in [4.78, 5) is 15.4. The number of fused-ring (bicyclic) bond motifs is 1. The highest BCUT2D eigenvalue weighted by molar-refractivity contribution is 5.29. The number of nitrogens with zero attached hydrogens (tertiary/aromatic N) is 2.